The Hall–Kier alpha value is -3.57. The molecule has 0 aromatic heterocycles. The van der Waals surface area contributed by atoms with E-state index in [1.165, 1.54) is 5.56 Å². The minimum absolute atomic E-state index is 0.327. The van der Waals surface area contributed by atoms with Crippen molar-refractivity contribution in [2.24, 2.45) is 0 Å². The molecule has 0 saturated heterocycles. The fraction of sp³-hybridized carbons (Fsp3) is 0.364. The summed E-state index contributed by atoms with van der Waals surface area (Å²) < 4.78 is 22.2. The van der Waals surface area contributed by atoms with E-state index in [0.29, 0.717) is 32.2 Å². The number of rotatable bonds is 13. The van der Waals surface area contributed by atoms with Crippen LogP contribution in [0.2, 0.25) is 0 Å². The molecule has 1 atom stereocenters. The Kier molecular flexibility index (Phi) is 11.0. The van der Waals surface area contributed by atoms with Gasteiger partial charge in [-0.05, 0) is 84.9 Å². The number of allylic oxidation sites excluding steroid dienone is 1. The highest BCUT2D eigenvalue weighted by molar-refractivity contribution is 5.75. The number of hydrogen-bond acceptors (Lipinski definition) is 5. The summed E-state index contributed by atoms with van der Waals surface area (Å²) in [4.78, 5) is 12.1. The number of carbonyl (C=O) groups excluding carboxylic acids is 1. The highest BCUT2D eigenvalue weighted by Crippen LogP contribution is 2.33. The Balaban J connectivity index is 1.60. The molecule has 38 heavy (non-hydrogen) atoms. The van der Waals surface area contributed by atoms with Gasteiger partial charge in [-0.2, -0.15) is 0 Å². The van der Waals surface area contributed by atoms with E-state index >= 15 is 0 Å². The molecule has 5 heteroatoms. The first-order chi connectivity index (χ1) is 18.4. The minimum atomic E-state index is -0.594. The summed E-state index contributed by atoms with van der Waals surface area (Å²) in [6.07, 6.45) is 1.95. The van der Waals surface area contributed by atoms with Crippen molar-refractivity contribution in [1.29, 1.82) is 0 Å². The lowest BCUT2D eigenvalue weighted by molar-refractivity contribution is -0.156. The summed E-state index contributed by atoms with van der Waals surface area (Å²) in [5.41, 5.74) is 6.81. The lowest BCUT2D eigenvalue weighted by Crippen LogP contribution is -2.28. The third-order valence-electron chi connectivity index (χ3n) is 6.44. The summed E-state index contributed by atoms with van der Waals surface area (Å²) in [7, 11) is 1.71. The first kappa shape index (κ1) is 29.0. The number of hydrogen-bond donors (Lipinski definition) is 0. The van der Waals surface area contributed by atoms with Crippen molar-refractivity contribution in [1.82, 2.24) is 0 Å². The molecule has 3 aromatic carbocycles. The molecule has 0 amide bonds. The normalized spacial score (nSPS) is 12.3. The van der Waals surface area contributed by atoms with Gasteiger partial charge in [0.05, 0.1) is 13.7 Å². The molecular weight excluding hydrogens is 476 g/mol. The first-order valence-corrected chi connectivity index (χ1v) is 13.3. The largest absolute Gasteiger partial charge is 0.496 e. The Morgan fingerprint density at radius 2 is 1.63 bits per heavy atom. The second-order valence-electron chi connectivity index (χ2n) is 9.43. The summed E-state index contributed by atoms with van der Waals surface area (Å²) in [6, 6.07) is 22.7. The van der Waals surface area contributed by atoms with Crippen molar-refractivity contribution >= 4 is 11.5 Å². The van der Waals surface area contributed by atoms with Crippen LogP contribution in [-0.4, -0.2) is 39.0 Å². The molecule has 3 rings (SSSR count). The molecule has 0 fully saturated rings. The number of methoxy groups -OCH3 is 1. The number of carbonyl (C=O) groups is 1. The highest BCUT2D eigenvalue weighted by Gasteiger charge is 2.20. The van der Waals surface area contributed by atoms with Crippen molar-refractivity contribution in [3.05, 3.63) is 89.5 Å². The zero-order chi connectivity index (χ0) is 27.5. The predicted octanol–water partition coefficient (Wildman–Crippen LogP) is 7.48. The van der Waals surface area contributed by atoms with Crippen LogP contribution in [0.25, 0.3) is 16.7 Å². The van der Waals surface area contributed by atoms with Crippen LogP contribution >= 0.6 is 0 Å². The van der Waals surface area contributed by atoms with E-state index in [0.717, 1.165) is 39.3 Å². The van der Waals surface area contributed by atoms with Crippen molar-refractivity contribution in [3.8, 4) is 22.6 Å². The van der Waals surface area contributed by atoms with Crippen molar-refractivity contribution < 1.29 is 23.7 Å². The van der Waals surface area contributed by atoms with Crippen LogP contribution in [0, 0.1) is 0 Å². The van der Waals surface area contributed by atoms with Gasteiger partial charge in [-0.15, -0.1) is 0 Å². The molecule has 0 heterocycles. The minimum Gasteiger partial charge on any atom is -0.496 e. The molecule has 5 nitrogen and oxygen atoms in total. The average Bonchev–Trinajstić information content (AvgIpc) is 2.93. The summed E-state index contributed by atoms with van der Waals surface area (Å²) in [6.45, 7) is 11.4. The van der Waals surface area contributed by atoms with Crippen LogP contribution in [0.4, 0.5) is 0 Å². The SMILES string of the molecule is CCOC(=O)C(Cc1ccc(OC/C=C(\C)c2ccc(-c3cc(C(C)C)ccc3OC)cc2)cc1)OCC. The fourth-order valence-electron chi connectivity index (χ4n) is 4.19. The van der Waals surface area contributed by atoms with Gasteiger partial charge in [0.15, 0.2) is 6.10 Å². The van der Waals surface area contributed by atoms with Gasteiger partial charge in [0.25, 0.3) is 0 Å². The van der Waals surface area contributed by atoms with Crippen LogP contribution in [0.5, 0.6) is 11.5 Å². The van der Waals surface area contributed by atoms with Crippen molar-refractivity contribution in [2.45, 2.75) is 53.1 Å². The molecule has 1 unspecified atom stereocenters. The smallest absolute Gasteiger partial charge is 0.335 e. The van der Waals surface area contributed by atoms with E-state index < -0.39 is 6.10 Å². The number of ether oxygens (including phenoxy) is 4. The van der Waals surface area contributed by atoms with Crippen LogP contribution in [0.3, 0.4) is 0 Å². The Bertz CT molecular complexity index is 1190. The summed E-state index contributed by atoms with van der Waals surface area (Å²) >= 11 is 0. The zero-order valence-corrected chi connectivity index (χ0v) is 23.5. The van der Waals surface area contributed by atoms with Crippen LogP contribution < -0.4 is 9.47 Å². The molecule has 0 N–H and O–H groups in total. The van der Waals surface area contributed by atoms with E-state index in [2.05, 4.69) is 63.2 Å². The lowest BCUT2D eigenvalue weighted by Gasteiger charge is -2.15. The van der Waals surface area contributed by atoms with Crippen LogP contribution in [-0.2, 0) is 20.7 Å². The second-order valence-corrected chi connectivity index (χ2v) is 9.43. The first-order valence-electron chi connectivity index (χ1n) is 13.3. The summed E-state index contributed by atoms with van der Waals surface area (Å²) in [5, 5.41) is 0. The Labute approximate surface area is 227 Å². The number of benzene rings is 3. The quantitative estimate of drug-likeness (QED) is 0.221. The third kappa shape index (κ3) is 7.96. The van der Waals surface area contributed by atoms with Gasteiger partial charge in [0.2, 0.25) is 0 Å². The molecule has 0 aliphatic heterocycles. The zero-order valence-electron chi connectivity index (χ0n) is 23.5. The maximum atomic E-state index is 12.1. The fourth-order valence-corrected chi connectivity index (χ4v) is 4.19. The number of esters is 1. The third-order valence-corrected chi connectivity index (χ3v) is 6.44. The van der Waals surface area contributed by atoms with E-state index in [1.807, 2.05) is 37.3 Å². The molecule has 0 spiro atoms. The molecule has 0 aliphatic carbocycles. The molecule has 0 radical (unpaired) electrons. The topological polar surface area (TPSA) is 54.0 Å². The van der Waals surface area contributed by atoms with E-state index in [4.69, 9.17) is 18.9 Å². The van der Waals surface area contributed by atoms with Gasteiger partial charge in [0.1, 0.15) is 18.1 Å². The van der Waals surface area contributed by atoms with Gasteiger partial charge >= 0.3 is 5.97 Å². The standard InChI is InChI=1S/C33H40O5/c1-7-36-32(33(34)37-8-2)21-25-9-16-29(17-10-25)38-20-19-24(5)26-11-13-27(14-12-26)30-22-28(23(3)4)15-18-31(30)35-6/h9-19,22-23,32H,7-8,20-21H2,1-6H3/b24-19+. The van der Waals surface area contributed by atoms with Gasteiger partial charge in [-0.1, -0.05) is 56.3 Å². The second kappa shape index (κ2) is 14.4. The lowest BCUT2D eigenvalue weighted by atomic mass is 9.95. The summed E-state index contributed by atoms with van der Waals surface area (Å²) in [5.74, 6) is 1.78. The molecule has 202 valence electrons. The molecular formula is C33H40O5. The van der Waals surface area contributed by atoms with E-state index in [9.17, 15) is 4.79 Å². The molecule has 3 aromatic rings. The van der Waals surface area contributed by atoms with Gasteiger partial charge in [0, 0.05) is 18.6 Å². The monoisotopic (exact) mass is 516 g/mol. The van der Waals surface area contributed by atoms with E-state index in [-0.39, 0.29) is 5.97 Å². The molecule has 0 saturated carbocycles. The highest BCUT2D eigenvalue weighted by atomic mass is 16.6. The van der Waals surface area contributed by atoms with Crippen molar-refractivity contribution in [2.75, 3.05) is 26.9 Å². The van der Waals surface area contributed by atoms with Gasteiger partial charge in [-0.25, -0.2) is 4.79 Å². The maximum absolute atomic E-state index is 12.1. The Morgan fingerprint density at radius 3 is 2.24 bits per heavy atom. The predicted molar refractivity (Wildman–Crippen MR) is 154 cm³/mol. The van der Waals surface area contributed by atoms with Crippen LogP contribution in [0.15, 0.2) is 72.8 Å². The Morgan fingerprint density at radius 1 is 0.921 bits per heavy atom. The van der Waals surface area contributed by atoms with Gasteiger partial charge < -0.3 is 18.9 Å². The maximum Gasteiger partial charge on any atom is 0.335 e. The van der Waals surface area contributed by atoms with Crippen molar-refractivity contribution in [3.63, 3.8) is 0 Å². The van der Waals surface area contributed by atoms with Crippen LogP contribution in [0.1, 0.15) is 57.2 Å². The van der Waals surface area contributed by atoms with E-state index in [1.54, 1.807) is 14.0 Å². The van der Waals surface area contributed by atoms with Gasteiger partial charge in [-0.3, -0.25) is 0 Å². The molecule has 0 aliphatic rings. The molecule has 0 bridgehead atoms. The average molecular weight is 517 g/mol.